The third-order valence-corrected chi connectivity index (χ3v) is 7.68. The molecular weight excluding hydrogens is 406 g/mol. The van der Waals surface area contributed by atoms with Crippen LogP contribution in [-0.4, -0.2) is 41.0 Å². The largest absolute Gasteiger partial charge is 0.324 e. The van der Waals surface area contributed by atoms with E-state index in [0.717, 1.165) is 29.7 Å². The molecule has 2 aromatic carbocycles. The molecule has 4 aliphatic heterocycles. The molecule has 0 radical (unpaired) electrons. The first kappa shape index (κ1) is 19.4. The smallest absolute Gasteiger partial charge is 0.250 e. The fourth-order valence-electron chi connectivity index (χ4n) is 6.42. The maximum absolute atomic E-state index is 13.9. The number of benzene rings is 2. The molecule has 2 aromatic rings. The van der Waals surface area contributed by atoms with E-state index in [-0.39, 0.29) is 29.5 Å². The number of carbonyl (C=O) groups is 4. The molecule has 162 valence electrons. The zero-order chi connectivity index (χ0) is 22.4. The summed E-state index contributed by atoms with van der Waals surface area (Å²) >= 11 is 0. The van der Waals surface area contributed by atoms with Crippen LogP contribution in [0.1, 0.15) is 41.3 Å². The highest BCUT2D eigenvalue weighted by atomic mass is 16.2. The quantitative estimate of drug-likeness (QED) is 0.586. The Hall–Kier alpha value is -3.32. The van der Waals surface area contributed by atoms with E-state index in [4.69, 9.17) is 0 Å². The molecule has 3 saturated heterocycles. The van der Waals surface area contributed by atoms with Crippen LogP contribution in [0, 0.1) is 18.8 Å². The van der Waals surface area contributed by atoms with E-state index in [0.29, 0.717) is 17.8 Å². The molecule has 4 atom stereocenters. The standard InChI is InChI=1S/C25H23N3O4/c1-13-5-10-18-17(12-13)25(24(32)26-18)21-20(19-4-3-11-27(19)25)22(30)28(23(21)31)16-8-6-15(7-9-16)14(2)29/h5-10,12,19-21H,3-4,11H2,1-2H3,(H,26,32). The highest BCUT2D eigenvalue weighted by molar-refractivity contribution is 6.26. The molecule has 3 amide bonds. The van der Waals surface area contributed by atoms with Gasteiger partial charge in [0.2, 0.25) is 17.7 Å². The number of anilines is 2. The molecule has 4 aliphatic rings. The molecule has 6 rings (SSSR count). The lowest BCUT2D eigenvalue weighted by Crippen LogP contribution is -2.54. The maximum atomic E-state index is 13.9. The van der Waals surface area contributed by atoms with Crippen molar-refractivity contribution in [1.82, 2.24) is 4.90 Å². The van der Waals surface area contributed by atoms with Gasteiger partial charge in [-0.3, -0.25) is 24.1 Å². The molecule has 32 heavy (non-hydrogen) atoms. The monoisotopic (exact) mass is 429 g/mol. The highest BCUT2D eigenvalue weighted by Crippen LogP contribution is 2.60. The lowest BCUT2D eigenvalue weighted by Gasteiger charge is -2.36. The Bertz CT molecular complexity index is 1220. The number of carbonyl (C=O) groups excluding carboxylic acids is 4. The molecule has 1 spiro atoms. The predicted octanol–water partition coefficient (Wildman–Crippen LogP) is 2.63. The summed E-state index contributed by atoms with van der Waals surface area (Å²) < 4.78 is 0. The summed E-state index contributed by atoms with van der Waals surface area (Å²) in [7, 11) is 0. The zero-order valence-corrected chi connectivity index (χ0v) is 17.9. The summed E-state index contributed by atoms with van der Waals surface area (Å²) in [6.07, 6.45) is 1.67. The number of hydrogen-bond acceptors (Lipinski definition) is 5. The predicted molar refractivity (Wildman–Crippen MR) is 117 cm³/mol. The van der Waals surface area contributed by atoms with E-state index >= 15 is 0 Å². The normalized spacial score (nSPS) is 30.6. The van der Waals surface area contributed by atoms with Gasteiger partial charge in [0.05, 0.1) is 17.5 Å². The first-order valence-corrected chi connectivity index (χ1v) is 11.0. The van der Waals surface area contributed by atoms with Crippen LogP contribution in [0.15, 0.2) is 42.5 Å². The van der Waals surface area contributed by atoms with E-state index < -0.39 is 17.4 Å². The second kappa shape index (κ2) is 6.36. The molecular formula is C25H23N3O4. The van der Waals surface area contributed by atoms with Crippen LogP contribution < -0.4 is 10.2 Å². The molecule has 0 aliphatic carbocycles. The van der Waals surface area contributed by atoms with E-state index in [1.54, 1.807) is 24.3 Å². The van der Waals surface area contributed by atoms with Gasteiger partial charge in [0.15, 0.2) is 5.78 Å². The van der Waals surface area contributed by atoms with Crippen molar-refractivity contribution in [3.05, 3.63) is 59.2 Å². The maximum Gasteiger partial charge on any atom is 0.250 e. The first-order chi connectivity index (χ1) is 15.4. The minimum absolute atomic E-state index is 0.0809. The summed E-state index contributed by atoms with van der Waals surface area (Å²) in [6.45, 7) is 4.13. The number of hydrogen-bond donors (Lipinski definition) is 1. The number of imide groups is 1. The fourth-order valence-corrected chi connectivity index (χ4v) is 6.42. The first-order valence-electron chi connectivity index (χ1n) is 11.0. The Morgan fingerprint density at radius 3 is 2.53 bits per heavy atom. The van der Waals surface area contributed by atoms with Crippen LogP contribution in [0.2, 0.25) is 0 Å². The molecule has 1 N–H and O–H groups in total. The van der Waals surface area contributed by atoms with Crippen molar-refractivity contribution in [3.63, 3.8) is 0 Å². The number of Topliss-reactive ketones (excluding diaryl/α,β-unsaturated/α-hetero) is 1. The molecule has 0 aromatic heterocycles. The highest BCUT2D eigenvalue weighted by Gasteiger charge is 2.74. The topological polar surface area (TPSA) is 86.8 Å². The lowest BCUT2D eigenvalue weighted by atomic mass is 9.75. The Labute approximate surface area is 185 Å². The van der Waals surface area contributed by atoms with Gasteiger partial charge in [0.25, 0.3) is 0 Å². The van der Waals surface area contributed by atoms with Gasteiger partial charge in [-0.25, -0.2) is 4.90 Å². The van der Waals surface area contributed by atoms with E-state index in [1.165, 1.54) is 11.8 Å². The number of nitrogens with zero attached hydrogens (tertiary/aromatic N) is 2. The minimum atomic E-state index is -1.16. The van der Waals surface area contributed by atoms with Crippen molar-refractivity contribution in [2.75, 3.05) is 16.8 Å². The molecule has 4 heterocycles. The molecule has 0 bridgehead atoms. The average Bonchev–Trinajstić information content (AvgIpc) is 3.47. The second-order valence-corrected chi connectivity index (χ2v) is 9.29. The van der Waals surface area contributed by atoms with Crippen LogP contribution in [0.5, 0.6) is 0 Å². The SMILES string of the molecule is CC(=O)c1ccc(N2C(=O)C3C4CCCN4C4(C(=O)Nc5ccc(C)cc54)C3C2=O)cc1. The Morgan fingerprint density at radius 2 is 1.81 bits per heavy atom. The van der Waals surface area contributed by atoms with Gasteiger partial charge < -0.3 is 5.32 Å². The molecule has 7 heteroatoms. The van der Waals surface area contributed by atoms with Crippen molar-refractivity contribution in [2.24, 2.45) is 11.8 Å². The summed E-state index contributed by atoms with van der Waals surface area (Å²) in [4.78, 5) is 56.1. The number of aryl methyl sites for hydroxylation is 1. The number of nitrogens with one attached hydrogen (secondary N) is 1. The van der Waals surface area contributed by atoms with E-state index in [1.807, 2.05) is 25.1 Å². The van der Waals surface area contributed by atoms with Gasteiger partial charge in [-0.15, -0.1) is 0 Å². The number of fused-ring (bicyclic) bond motifs is 7. The lowest BCUT2D eigenvalue weighted by molar-refractivity contribution is -0.135. The Morgan fingerprint density at radius 1 is 1.06 bits per heavy atom. The van der Waals surface area contributed by atoms with Gasteiger partial charge >= 0.3 is 0 Å². The van der Waals surface area contributed by atoms with Crippen LogP contribution in [0.25, 0.3) is 0 Å². The fraction of sp³-hybridized carbons (Fsp3) is 0.360. The van der Waals surface area contributed by atoms with E-state index in [9.17, 15) is 19.2 Å². The Balaban J connectivity index is 1.51. The van der Waals surface area contributed by atoms with Crippen molar-refractivity contribution >= 4 is 34.9 Å². The van der Waals surface area contributed by atoms with E-state index in [2.05, 4.69) is 10.2 Å². The van der Waals surface area contributed by atoms with Gasteiger partial charge in [-0.05, 0) is 63.6 Å². The van der Waals surface area contributed by atoms with Crippen LogP contribution in [-0.2, 0) is 19.9 Å². The third kappa shape index (κ3) is 2.19. The van der Waals surface area contributed by atoms with Crippen molar-refractivity contribution in [2.45, 2.75) is 38.3 Å². The van der Waals surface area contributed by atoms with Gasteiger partial charge in [-0.2, -0.15) is 0 Å². The van der Waals surface area contributed by atoms with Gasteiger partial charge in [0.1, 0.15) is 5.54 Å². The number of ketones is 1. The molecule has 7 nitrogen and oxygen atoms in total. The van der Waals surface area contributed by atoms with Crippen LogP contribution >= 0.6 is 0 Å². The second-order valence-electron chi connectivity index (χ2n) is 9.29. The molecule has 0 saturated carbocycles. The molecule has 4 unspecified atom stereocenters. The summed E-state index contributed by atoms with van der Waals surface area (Å²) in [5.41, 5.74) is 2.34. The summed E-state index contributed by atoms with van der Waals surface area (Å²) in [6, 6.07) is 12.2. The van der Waals surface area contributed by atoms with Crippen LogP contribution in [0.4, 0.5) is 11.4 Å². The van der Waals surface area contributed by atoms with Crippen molar-refractivity contribution in [3.8, 4) is 0 Å². The zero-order valence-electron chi connectivity index (χ0n) is 17.9. The van der Waals surface area contributed by atoms with Crippen molar-refractivity contribution in [1.29, 1.82) is 0 Å². The number of amides is 3. The summed E-state index contributed by atoms with van der Waals surface area (Å²) in [5.74, 6) is -2.21. The third-order valence-electron chi connectivity index (χ3n) is 7.68. The average molecular weight is 429 g/mol. The Kier molecular flexibility index (Phi) is 3.85. The van der Waals surface area contributed by atoms with Crippen LogP contribution in [0.3, 0.4) is 0 Å². The van der Waals surface area contributed by atoms with Crippen molar-refractivity contribution < 1.29 is 19.2 Å². The van der Waals surface area contributed by atoms with Gasteiger partial charge in [-0.1, -0.05) is 17.7 Å². The van der Waals surface area contributed by atoms with Gasteiger partial charge in [0, 0.05) is 22.9 Å². The summed E-state index contributed by atoms with van der Waals surface area (Å²) in [5, 5.41) is 2.99. The minimum Gasteiger partial charge on any atom is -0.324 e. The number of rotatable bonds is 2. The molecule has 3 fully saturated rings.